The van der Waals surface area contributed by atoms with Gasteiger partial charge in [-0.2, -0.15) is 0 Å². The number of benzene rings is 1. The maximum absolute atomic E-state index is 11.2. The molecule has 0 aliphatic rings. The summed E-state index contributed by atoms with van der Waals surface area (Å²) in [5.41, 5.74) is 7.26. The number of rotatable bonds is 4. The quantitative estimate of drug-likeness (QED) is 0.848. The van der Waals surface area contributed by atoms with Crippen molar-refractivity contribution in [3.05, 3.63) is 36.0 Å². The zero-order chi connectivity index (χ0) is 12.4. The second kappa shape index (κ2) is 5.01. The van der Waals surface area contributed by atoms with Crippen LogP contribution in [0.2, 0.25) is 0 Å². The van der Waals surface area contributed by atoms with Gasteiger partial charge in [0, 0.05) is 0 Å². The Morgan fingerprint density at radius 1 is 1.47 bits per heavy atom. The fourth-order valence-corrected chi connectivity index (χ4v) is 3.51. The van der Waals surface area contributed by atoms with Gasteiger partial charge in [0.05, 0.1) is 0 Å². The molecule has 0 saturated heterocycles. The molecular weight excluding hydrogens is 323 g/mol. The van der Waals surface area contributed by atoms with Gasteiger partial charge in [0.1, 0.15) is 0 Å². The summed E-state index contributed by atoms with van der Waals surface area (Å²) < 4.78 is 12.9. The van der Waals surface area contributed by atoms with Gasteiger partial charge in [-0.1, -0.05) is 0 Å². The molecule has 0 bridgehead atoms. The molecule has 2 rings (SSSR count). The average Bonchev–Trinajstić information content (AvgIpc) is 2.68. The summed E-state index contributed by atoms with van der Waals surface area (Å²) in [6.07, 6.45) is 2.02. The van der Waals surface area contributed by atoms with Crippen LogP contribution in [0.4, 0.5) is 0 Å². The Morgan fingerprint density at radius 2 is 2.18 bits per heavy atom. The Balaban J connectivity index is 2.47. The third-order valence-corrected chi connectivity index (χ3v) is 4.56. The van der Waals surface area contributed by atoms with E-state index in [0.717, 1.165) is 16.5 Å². The third kappa shape index (κ3) is 2.42. The van der Waals surface area contributed by atoms with Gasteiger partial charge < -0.3 is 0 Å². The number of fused-ring (bicyclic) bond motifs is 1. The van der Waals surface area contributed by atoms with Gasteiger partial charge in [0.15, 0.2) is 0 Å². The van der Waals surface area contributed by atoms with Gasteiger partial charge in [-0.3, -0.25) is 0 Å². The van der Waals surface area contributed by atoms with Crippen molar-refractivity contribution in [3.8, 4) is 0 Å². The Bertz CT molecular complexity index is 579. The summed E-state index contributed by atoms with van der Waals surface area (Å²) in [6.45, 7) is 0. The van der Waals surface area contributed by atoms with E-state index in [9.17, 15) is 7.65 Å². The van der Waals surface area contributed by atoms with E-state index in [1.165, 1.54) is 0 Å². The molecule has 1 heterocycles. The van der Waals surface area contributed by atoms with Crippen molar-refractivity contribution in [1.29, 1.82) is 0 Å². The number of para-hydroxylation sites is 1. The summed E-state index contributed by atoms with van der Waals surface area (Å²) in [6, 6.07) is 6.61. The van der Waals surface area contributed by atoms with Crippen LogP contribution in [0, 0.1) is 0 Å². The molecule has 5 nitrogen and oxygen atoms in total. The number of hydrogen-bond donors (Lipinski definition) is 2. The average molecular weight is 334 g/mol. The van der Waals surface area contributed by atoms with E-state index in [-0.39, 0.29) is 6.42 Å². The molecule has 0 radical (unpaired) electrons. The molecule has 1 aromatic carbocycles. The number of nitrogens with zero attached hydrogens (tertiary/aromatic N) is 1. The topological polar surface area (TPSA) is 85.3 Å². The number of hydrogen-bond acceptors (Lipinski definition) is 3. The molecule has 3 N–H and O–H groups in total. The first kappa shape index (κ1) is 12.3. The van der Waals surface area contributed by atoms with Crippen LogP contribution in [0.3, 0.4) is 0 Å². The number of carboxylic acid groups (broad SMARTS) is 1. The van der Waals surface area contributed by atoms with Crippen LogP contribution >= 0.6 is 0 Å². The standard InChI is InChI=1S/C11H11N2O2.In.O/c12-9(11(14)15)5-7-6-13-10-4-2-1-3-8(7)10;;/h1-4,6,9H,5,12H2,(H,14,15);;/q-1;+1;. The molecule has 0 saturated carbocycles. The predicted molar refractivity (Wildman–Crippen MR) is 63.1 cm³/mol. The molecule has 0 fully saturated rings. The van der Waals surface area contributed by atoms with E-state index in [2.05, 4.69) is 0 Å². The molecule has 86 valence electrons. The van der Waals surface area contributed by atoms with Crippen molar-refractivity contribution in [1.82, 2.24) is 2.55 Å². The van der Waals surface area contributed by atoms with Gasteiger partial charge >= 0.3 is 110 Å². The molecular formula is C11H11InN2O3. The van der Waals surface area contributed by atoms with Crippen molar-refractivity contribution in [2.45, 2.75) is 12.5 Å². The van der Waals surface area contributed by atoms with E-state index in [1.807, 2.05) is 24.3 Å². The van der Waals surface area contributed by atoms with Crippen LogP contribution in [0.5, 0.6) is 0 Å². The fraction of sp³-hybridized carbons (Fsp3) is 0.182. The van der Waals surface area contributed by atoms with E-state index in [0.29, 0.717) is 0 Å². The molecule has 1 aromatic heterocycles. The van der Waals surface area contributed by atoms with Crippen molar-refractivity contribution in [3.63, 3.8) is 0 Å². The molecule has 0 spiro atoms. The maximum atomic E-state index is 11.2. The number of nitrogens with two attached hydrogens (primary N) is 1. The second-order valence-electron chi connectivity index (χ2n) is 3.83. The SMILES string of the molecule is NC(Cc1c[n]([In]=[O])c2ccccc12)C(=O)O. The van der Waals surface area contributed by atoms with Gasteiger partial charge in [-0.25, -0.2) is 0 Å². The summed E-state index contributed by atoms with van der Waals surface area (Å²) in [7, 11) is 0. The van der Waals surface area contributed by atoms with Crippen LogP contribution in [-0.2, 0) is 14.1 Å². The van der Waals surface area contributed by atoms with E-state index in [4.69, 9.17) is 10.8 Å². The molecule has 0 amide bonds. The molecule has 1 atom stereocenters. The molecule has 0 aliphatic heterocycles. The normalized spacial score (nSPS) is 12.3. The van der Waals surface area contributed by atoms with Gasteiger partial charge in [-0.05, 0) is 0 Å². The monoisotopic (exact) mass is 334 g/mol. The summed E-state index contributed by atoms with van der Waals surface area (Å²) in [5, 5.41) is 9.73. The molecule has 6 heteroatoms. The zero-order valence-corrected chi connectivity index (χ0v) is 12.3. The van der Waals surface area contributed by atoms with Crippen molar-refractivity contribution in [2.75, 3.05) is 0 Å². The Labute approximate surface area is 109 Å². The van der Waals surface area contributed by atoms with Crippen LogP contribution in [0.1, 0.15) is 5.56 Å². The number of carboxylic acids is 1. The van der Waals surface area contributed by atoms with Crippen molar-refractivity contribution >= 4 is 40.1 Å². The van der Waals surface area contributed by atoms with E-state index >= 15 is 0 Å². The first-order valence-corrected chi connectivity index (χ1v) is 7.97. The van der Waals surface area contributed by atoms with Crippen LogP contribution < -0.4 is 5.73 Å². The number of carbonyl (C=O) groups is 1. The van der Waals surface area contributed by atoms with Crippen molar-refractivity contribution < 1.29 is 12.8 Å². The minimum absolute atomic E-state index is 0.255. The molecule has 17 heavy (non-hydrogen) atoms. The van der Waals surface area contributed by atoms with E-state index in [1.54, 1.807) is 8.75 Å². The van der Waals surface area contributed by atoms with Gasteiger partial charge in [0.2, 0.25) is 0 Å². The Hall–Kier alpha value is -1.14. The molecule has 1 unspecified atom stereocenters. The summed E-state index contributed by atoms with van der Waals surface area (Å²) in [4.78, 5) is 10.7. The van der Waals surface area contributed by atoms with Gasteiger partial charge in [-0.15, -0.1) is 0 Å². The summed E-state index contributed by atoms with van der Waals surface area (Å²) >= 11 is -2.03. The predicted octanol–water partition coefficient (Wildman–Crippen LogP) is 0.408. The minimum atomic E-state index is -2.03. The summed E-state index contributed by atoms with van der Waals surface area (Å²) in [5.74, 6) is -1.02. The zero-order valence-electron chi connectivity index (χ0n) is 9.04. The van der Waals surface area contributed by atoms with Crippen LogP contribution in [0.25, 0.3) is 10.9 Å². The van der Waals surface area contributed by atoms with Gasteiger partial charge in [0.25, 0.3) is 0 Å². The molecule has 2 aromatic rings. The van der Waals surface area contributed by atoms with Crippen LogP contribution in [-0.4, -0.2) is 42.9 Å². The van der Waals surface area contributed by atoms with Crippen LogP contribution in [0.15, 0.2) is 30.5 Å². The second-order valence-corrected chi connectivity index (χ2v) is 6.02. The fourth-order valence-electron chi connectivity index (χ4n) is 1.85. The number of aromatic nitrogens is 1. The van der Waals surface area contributed by atoms with E-state index < -0.39 is 35.2 Å². The van der Waals surface area contributed by atoms with Crippen molar-refractivity contribution in [2.24, 2.45) is 5.73 Å². The molecule has 0 aliphatic carbocycles. The third-order valence-electron chi connectivity index (χ3n) is 2.69. The first-order chi connectivity index (χ1) is 8.13. The first-order valence-electron chi connectivity index (χ1n) is 5.15. The Kier molecular flexibility index (Phi) is 3.63. The Morgan fingerprint density at radius 3 is 2.82 bits per heavy atom. The number of aliphatic carboxylic acids is 1.